The number of hydrogen-bond acceptors (Lipinski definition) is 5. The van der Waals surface area contributed by atoms with Gasteiger partial charge in [0.15, 0.2) is 6.61 Å². The number of carbonyl (C=O) groups excluding carboxylic acids is 3. The number of cyclic esters (lactones) is 1. The quantitative estimate of drug-likeness (QED) is 0.707. The molecule has 0 bridgehead atoms. The zero-order valence-electron chi connectivity index (χ0n) is 15.0. The van der Waals surface area contributed by atoms with E-state index < -0.39 is 6.09 Å². The second-order valence-corrected chi connectivity index (χ2v) is 6.72. The Bertz CT molecular complexity index is 651. The van der Waals surface area contributed by atoms with Crippen molar-refractivity contribution in [1.82, 2.24) is 9.80 Å². The number of likely N-dealkylation sites (tertiary alicyclic amines) is 1. The van der Waals surface area contributed by atoms with Gasteiger partial charge in [0.25, 0.3) is 5.91 Å². The molecule has 7 heteroatoms. The molecule has 1 aromatic rings. The molecule has 0 aromatic heterocycles. The number of hydrogen-bond donors (Lipinski definition) is 0. The van der Waals surface area contributed by atoms with Gasteiger partial charge in [-0.25, -0.2) is 9.69 Å². The van der Waals surface area contributed by atoms with Crippen LogP contribution in [-0.2, 0) is 20.7 Å². The van der Waals surface area contributed by atoms with Gasteiger partial charge in [-0.1, -0.05) is 19.1 Å². The molecule has 1 aromatic carbocycles. The molecule has 3 rings (SSSR count). The van der Waals surface area contributed by atoms with E-state index in [4.69, 9.17) is 4.74 Å². The number of benzene rings is 1. The maximum atomic E-state index is 12.2. The lowest BCUT2D eigenvalue weighted by Crippen LogP contribution is -2.54. The number of imide groups is 1. The van der Waals surface area contributed by atoms with Gasteiger partial charge in [0.2, 0.25) is 5.91 Å². The Hall–Kier alpha value is -2.57. The average molecular weight is 360 g/mol. The van der Waals surface area contributed by atoms with Gasteiger partial charge < -0.3 is 14.4 Å². The number of aryl methyl sites for hydroxylation is 1. The van der Waals surface area contributed by atoms with Gasteiger partial charge in [0.05, 0.1) is 6.61 Å². The largest absolute Gasteiger partial charge is 0.494 e. The Balaban J connectivity index is 1.37. The summed E-state index contributed by atoms with van der Waals surface area (Å²) in [6, 6.07) is 7.84. The SMILES string of the molecule is CCCOc1ccc(CCC(=O)N2CC(CN3C(=O)COC3=O)C2)cc1. The predicted molar refractivity (Wildman–Crippen MR) is 93.7 cm³/mol. The van der Waals surface area contributed by atoms with Crippen LogP contribution >= 0.6 is 0 Å². The van der Waals surface area contributed by atoms with E-state index in [9.17, 15) is 14.4 Å². The van der Waals surface area contributed by atoms with Crippen molar-refractivity contribution in [3.8, 4) is 5.75 Å². The lowest BCUT2D eigenvalue weighted by molar-refractivity contribution is -0.138. The Morgan fingerprint density at radius 3 is 2.58 bits per heavy atom. The summed E-state index contributed by atoms with van der Waals surface area (Å²) in [4.78, 5) is 38.1. The van der Waals surface area contributed by atoms with Crippen molar-refractivity contribution in [2.45, 2.75) is 26.2 Å². The van der Waals surface area contributed by atoms with Crippen molar-refractivity contribution >= 4 is 17.9 Å². The summed E-state index contributed by atoms with van der Waals surface area (Å²) in [7, 11) is 0. The second-order valence-electron chi connectivity index (χ2n) is 6.72. The van der Waals surface area contributed by atoms with Gasteiger partial charge in [-0.2, -0.15) is 0 Å². The number of amides is 3. The van der Waals surface area contributed by atoms with Crippen LogP contribution in [-0.4, -0.2) is 60.6 Å². The number of ether oxygens (including phenoxy) is 2. The van der Waals surface area contributed by atoms with Crippen LogP contribution in [0.3, 0.4) is 0 Å². The monoisotopic (exact) mass is 360 g/mol. The molecule has 2 saturated heterocycles. The molecule has 2 aliphatic rings. The fraction of sp³-hybridized carbons (Fsp3) is 0.526. The molecule has 7 nitrogen and oxygen atoms in total. The third-order valence-corrected chi connectivity index (χ3v) is 4.61. The Labute approximate surface area is 152 Å². The first-order valence-corrected chi connectivity index (χ1v) is 9.03. The van der Waals surface area contributed by atoms with Crippen molar-refractivity contribution in [2.75, 3.05) is 32.8 Å². The van der Waals surface area contributed by atoms with Crippen molar-refractivity contribution in [3.05, 3.63) is 29.8 Å². The van der Waals surface area contributed by atoms with Crippen LogP contribution in [0.5, 0.6) is 5.75 Å². The lowest BCUT2D eigenvalue weighted by Gasteiger charge is -2.40. The molecule has 0 radical (unpaired) electrons. The van der Waals surface area contributed by atoms with Crippen molar-refractivity contribution in [2.24, 2.45) is 5.92 Å². The molecule has 0 saturated carbocycles. The topological polar surface area (TPSA) is 76.2 Å². The van der Waals surface area contributed by atoms with E-state index in [1.165, 1.54) is 0 Å². The molecule has 2 aliphatic heterocycles. The summed E-state index contributed by atoms with van der Waals surface area (Å²) >= 11 is 0. The number of rotatable bonds is 8. The van der Waals surface area contributed by atoms with Gasteiger partial charge in [-0.05, 0) is 30.5 Å². The zero-order chi connectivity index (χ0) is 18.5. The van der Waals surface area contributed by atoms with Crippen LogP contribution in [0.2, 0.25) is 0 Å². The Kier molecular flexibility index (Phi) is 5.75. The van der Waals surface area contributed by atoms with E-state index in [1.54, 1.807) is 4.90 Å². The van der Waals surface area contributed by atoms with Crippen molar-refractivity contribution < 1.29 is 23.9 Å². The molecule has 2 heterocycles. The Morgan fingerprint density at radius 2 is 1.96 bits per heavy atom. The first kappa shape index (κ1) is 18.2. The fourth-order valence-electron chi connectivity index (χ4n) is 3.09. The van der Waals surface area contributed by atoms with Gasteiger partial charge in [0.1, 0.15) is 5.75 Å². The average Bonchev–Trinajstić information content (AvgIpc) is 2.93. The summed E-state index contributed by atoms with van der Waals surface area (Å²) in [5.41, 5.74) is 1.10. The van der Waals surface area contributed by atoms with E-state index in [1.807, 2.05) is 24.3 Å². The minimum Gasteiger partial charge on any atom is -0.494 e. The van der Waals surface area contributed by atoms with E-state index in [2.05, 4.69) is 11.7 Å². The standard InChI is InChI=1S/C19H24N2O5/c1-2-9-25-16-6-3-14(4-7-16)5-8-17(22)20-10-15(11-20)12-21-18(23)13-26-19(21)24/h3-4,6-7,15H,2,5,8-13H2,1H3. The van der Waals surface area contributed by atoms with Gasteiger partial charge in [-0.15, -0.1) is 0 Å². The highest BCUT2D eigenvalue weighted by Gasteiger charge is 2.38. The highest BCUT2D eigenvalue weighted by molar-refractivity contribution is 5.97. The minimum atomic E-state index is -0.578. The highest BCUT2D eigenvalue weighted by atomic mass is 16.6. The van der Waals surface area contributed by atoms with Crippen LogP contribution in [0.1, 0.15) is 25.3 Å². The maximum Gasteiger partial charge on any atom is 0.417 e. The summed E-state index contributed by atoms with van der Waals surface area (Å²) in [6.07, 6.45) is 1.53. The normalized spacial score (nSPS) is 17.3. The first-order chi connectivity index (χ1) is 12.6. The first-order valence-electron chi connectivity index (χ1n) is 9.03. The molecular weight excluding hydrogens is 336 g/mol. The molecule has 3 amide bonds. The van der Waals surface area contributed by atoms with Crippen LogP contribution in [0.15, 0.2) is 24.3 Å². The molecule has 0 unspecified atom stereocenters. The molecule has 0 spiro atoms. The minimum absolute atomic E-state index is 0.0999. The molecular formula is C19H24N2O5. The summed E-state index contributed by atoms with van der Waals surface area (Å²) in [5, 5.41) is 0. The molecule has 0 N–H and O–H groups in total. The van der Waals surface area contributed by atoms with Gasteiger partial charge in [-0.3, -0.25) is 9.59 Å². The third-order valence-electron chi connectivity index (χ3n) is 4.61. The van der Waals surface area contributed by atoms with E-state index in [0.717, 1.165) is 22.6 Å². The summed E-state index contributed by atoms with van der Waals surface area (Å²) < 4.78 is 10.2. The second kappa shape index (κ2) is 8.21. The molecule has 0 aliphatic carbocycles. The van der Waals surface area contributed by atoms with E-state index in [0.29, 0.717) is 39.1 Å². The van der Waals surface area contributed by atoms with Crippen LogP contribution < -0.4 is 4.74 Å². The van der Waals surface area contributed by atoms with Gasteiger partial charge >= 0.3 is 6.09 Å². The smallest absolute Gasteiger partial charge is 0.417 e. The van der Waals surface area contributed by atoms with Gasteiger partial charge in [0, 0.05) is 32.0 Å². The zero-order valence-corrected chi connectivity index (χ0v) is 15.0. The van der Waals surface area contributed by atoms with Crippen LogP contribution in [0.25, 0.3) is 0 Å². The van der Waals surface area contributed by atoms with E-state index >= 15 is 0 Å². The number of nitrogens with zero attached hydrogens (tertiary/aromatic N) is 2. The fourth-order valence-corrected chi connectivity index (χ4v) is 3.09. The predicted octanol–water partition coefficient (Wildman–Crippen LogP) is 1.85. The van der Waals surface area contributed by atoms with Crippen LogP contribution in [0.4, 0.5) is 4.79 Å². The molecule has 26 heavy (non-hydrogen) atoms. The van der Waals surface area contributed by atoms with Crippen molar-refractivity contribution in [1.29, 1.82) is 0 Å². The van der Waals surface area contributed by atoms with E-state index in [-0.39, 0.29) is 24.3 Å². The summed E-state index contributed by atoms with van der Waals surface area (Å²) in [5.74, 6) is 0.792. The third kappa shape index (κ3) is 4.33. The summed E-state index contributed by atoms with van der Waals surface area (Å²) in [6.45, 7) is 4.10. The van der Waals surface area contributed by atoms with Crippen molar-refractivity contribution in [3.63, 3.8) is 0 Å². The Morgan fingerprint density at radius 1 is 1.23 bits per heavy atom. The molecule has 2 fully saturated rings. The highest BCUT2D eigenvalue weighted by Crippen LogP contribution is 2.21. The molecule has 0 atom stereocenters. The number of carbonyl (C=O) groups is 3. The van der Waals surface area contributed by atoms with Crippen LogP contribution in [0, 0.1) is 5.92 Å². The maximum absolute atomic E-state index is 12.2. The lowest BCUT2D eigenvalue weighted by atomic mass is 9.98. The molecule has 140 valence electrons.